The number of fused-ring (bicyclic) bond motifs is 1. The van der Waals surface area contributed by atoms with Crippen molar-refractivity contribution in [3.05, 3.63) is 24.3 Å². The Hall–Kier alpha value is -0.710. The van der Waals surface area contributed by atoms with Crippen LogP contribution in [0.15, 0.2) is 34.1 Å². The number of benzene rings is 1. The van der Waals surface area contributed by atoms with Crippen LogP contribution < -0.4 is 5.32 Å². The molecule has 7 nitrogen and oxygen atoms in total. The van der Waals surface area contributed by atoms with Crippen LogP contribution in [0, 0.1) is 11.8 Å². The number of nitrogens with zero attached hydrogens (tertiary/aromatic N) is 2. The average molecular weight is 422 g/mol. The van der Waals surface area contributed by atoms with E-state index in [9.17, 15) is 16.8 Å². The van der Waals surface area contributed by atoms with Crippen molar-refractivity contribution in [3.63, 3.8) is 0 Å². The van der Waals surface area contributed by atoms with Gasteiger partial charge in [0.15, 0.2) is 0 Å². The molecule has 2 atom stereocenters. The Morgan fingerprint density at radius 2 is 1.27 bits per heavy atom. The Labute approximate surface area is 161 Å². The summed E-state index contributed by atoms with van der Waals surface area (Å²) in [5.74, 6) is 0.634. The summed E-state index contributed by atoms with van der Waals surface area (Å²) in [4.78, 5) is -0.179. The van der Waals surface area contributed by atoms with Crippen molar-refractivity contribution in [2.24, 2.45) is 11.8 Å². The van der Waals surface area contributed by atoms with Gasteiger partial charge in [-0.15, -0.1) is 12.4 Å². The minimum Gasteiger partial charge on any atom is -0.316 e. The molecule has 1 aromatic carbocycles. The Bertz CT molecular complexity index is 857. The van der Waals surface area contributed by atoms with Crippen LogP contribution in [0.4, 0.5) is 0 Å². The quantitative estimate of drug-likeness (QED) is 0.774. The predicted molar refractivity (Wildman–Crippen MR) is 100 cm³/mol. The summed E-state index contributed by atoms with van der Waals surface area (Å²) < 4.78 is 55.1. The van der Waals surface area contributed by atoms with Crippen LogP contribution in [0.3, 0.4) is 0 Å². The summed E-state index contributed by atoms with van der Waals surface area (Å²) in [6, 6.07) is 6.02. The molecule has 0 aromatic heterocycles. The summed E-state index contributed by atoms with van der Waals surface area (Å²) in [5.41, 5.74) is 0. The van der Waals surface area contributed by atoms with E-state index < -0.39 is 20.0 Å². The molecule has 3 aliphatic heterocycles. The van der Waals surface area contributed by atoms with E-state index in [4.69, 9.17) is 0 Å². The summed E-state index contributed by atoms with van der Waals surface area (Å²) in [6.07, 6.45) is 1.63. The lowest BCUT2D eigenvalue weighted by Gasteiger charge is -2.22. The summed E-state index contributed by atoms with van der Waals surface area (Å²) in [5, 5.41) is 3.28. The highest BCUT2D eigenvalue weighted by Gasteiger charge is 2.43. The van der Waals surface area contributed by atoms with Crippen LogP contribution in [-0.4, -0.2) is 64.7 Å². The number of hydrogen-bond acceptors (Lipinski definition) is 5. The van der Waals surface area contributed by atoms with Crippen molar-refractivity contribution in [2.75, 3.05) is 39.3 Å². The average Bonchev–Trinajstić information content (AvgIpc) is 3.31. The highest BCUT2D eigenvalue weighted by Crippen LogP contribution is 2.34. The molecule has 3 fully saturated rings. The van der Waals surface area contributed by atoms with E-state index in [1.54, 1.807) is 12.1 Å². The molecule has 3 saturated heterocycles. The minimum absolute atomic E-state index is 0. The maximum Gasteiger partial charge on any atom is 0.244 e. The van der Waals surface area contributed by atoms with Gasteiger partial charge in [0.05, 0.1) is 0 Å². The molecule has 26 heavy (non-hydrogen) atoms. The Morgan fingerprint density at radius 1 is 0.808 bits per heavy atom. The molecule has 1 N–H and O–H groups in total. The second-order valence-corrected chi connectivity index (χ2v) is 10.9. The third-order valence-electron chi connectivity index (χ3n) is 5.51. The van der Waals surface area contributed by atoms with E-state index in [-0.39, 0.29) is 22.2 Å². The monoisotopic (exact) mass is 421 g/mol. The van der Waals surface area contributed by atoms with E-state index in [2.05, 4.69) is 5.32 Å². The van der Waals surface area contributed by atoms with Crippen molar-refractivity contribution in [2.45, 2.75) is 22.6 Å². The van der Waals surface area contributed by atoms with Gasteiger partial charge < -0.3 is 5.32 Å². The van der Waals surface area contributed by atoms with Crippen molar-refractivity contribution < 1.29 is 16.8 Å². The number of hydrogen-bond donors (Lipinski definition) is 1. The summed E-state index contributed by atoms with van der Waals surface area (Å²) in [6.45, 7) is 3.47. The maximum atomic E-state index is 13.2. The lowest BCUT2D eigenvalue weighted by molar-refractivity contribution is 0.444. The largest absolute Gasteiger partial charge is 0.316 e. The zero-order valence-electron chi connectivity index (χ0n) is 14.4. The molecule has 1 aromatic rings. The Kier molecular flexibility index (Phi) is 5.68. The molecule has 146 valence electrons. The molecule has 4 rings (SSSR count). The van der Waals surface area contributed by atoms with Gasteiger partial charge in [0.2, 0.25) is 20.0 Å². The van der Waals surface area contributed by atoms with Crippen molar-refractivity contribution in [3.8, 4) is 0 Å². The number of halogens is 1. The topological polar surface area (TPSA) is 86.8 Å². The predicted octanol–water partition coefficient (Wildman–Crippen LogP) is 0.733. The number of sulfonamides is 2. The lowest BCUT2D eigenvalue weighted by Crippen LogP contribution is -2.34. The van der Waals surface area contributed by atoms with Gasteiger partial charge in [-0.25, -0.2) is 16.8 Å². The molecule has 0 amide bonds. The molecule has 0 bridgehead atoms. The standard InChI is InChI=1S/C16H23N3O4S2.ClH/c20-24(21,18-7-3-4-8-18)15-5-1-2-6-16(15)25(22,23)19-11-13-9-17-10-14(13)12-19;/h1-2,5-6,13-14,17H,3-4,7-12H2;1H/t13-,14+;. The number of nitrogens with one attached hydrogen (secondary N) is 1. The van der Waals surface area contributed by atoms with E-state index in [1.165, 1.54) is 20.7 Å². The van der Waals surface area contributed by atoms with Crippen molar-refractivity contribution in [1.82, 2.24) is 13.9 Å². The van der Waals surface area contributed by atoms with Gasteiger partial charge in [-0.3, -0.25) is 0 Å². The zero-order chi connectivity index (χ0) is 17.7. The summed E-state index contributed by atoms with van der Waals surface area (Å²) in [7, 11) is -7.61. The molecule has 0 spiro atoms. The van der Waals surface area contributed by atoms with Crippen molar-refractivity contribution in [1.29, 1.82) is 0 Å². The van der Waals surface area contributed by atoms with E-state index >= 15 is 0 Å². The van der Waals surface area contributed by atoms with Gasteiger partial charge in [-0.05, 0) is 49.9 Å². The van der Waals surface area contributed by atoms with Crippen LogP contribution in [0.2, 0.25) is 0 Å². The van der Waals surface area contributed by atoms with Crippen LogP contribution in [0.1, 0.15) is 12.8 Å². The first kappa shape index (κ1) is 20.0. The molecule has 0 saturated carbocycles. The molecule has 3 aliphatic rings. The Balaban J connectivity index is 0.00000196. The van der Waals surface area contributed by atoms with Gasteiger partial charge in [-0.2, -0.15) is 8.61 Å². The Morgan fingerprint density at radius 3 is 1.77 bits per heavy atom. The maximum absolute atomic E-state index is 13.2. The zero-order valence-corrected chi connectivity index (χ0v) is 16.8. The van der Waals surface area contributed by atoms with Gasteiger partial charge in [-0.1, -0.05) is 12.1 Å². The van der Waals surface area contributed by atoms with Gasteiger partial charge in [0.1, 0.15) is 9.79 Å². The van der Waals surface area contributed by atoms with Gasteiger partial charge in [0.25, 0.3) is 0 Å². The normalized spacial score (nSPS) is 27.4. The number of rotatable bonds is 4. The SMILES string of the molecule is Cl.O=S(=O)(c1ccccc1S(=O)(=O)N1C[C@H]2CNC[C@H]2C1)N1CCCC1. The first-order chi connectivity index (χ1) is 11.9. The van der Waals surface area contributed by atoms with E-state index in [1.807, 2.05) is 0 Å². The molecule has 0 radical (unpaired) electrons. The van der Waals surface area contributed by atoms with E-state index in [0.29, 0.717) is 38.0 Å². The molecule has 10 heteroatoms. The fraction of sp³-hybridized carbons (Fsp3) is 0.625. The molecule has 3 heterocycles. The van der Waals surface area contributed by atoms with Crippen molar-refractivity contribution >= 4 is 32.5 Å². The fourth-order valence-electron chi connectivity index (χ4n) is 4.09. The summed E-state index contributed by atoms with van der Waals surface area (Å²) >= 11 is 0. The molecule has 0 aliphatic carbocycles. The van der Waals surface area contributed by atoms with Crippen LogP contribution in [0.5, 0.6) is 0 Å². The van der Waals surface area contributed by atoms with Gasteiger partial charge >= 0.3 is 0 Å². The molecule has 0 unspecified atom stereocenters. The highest BCUT2D eigenvalue weighted by molar-refractivity contribution is 7.92. The lowest BCUT2D eigenvalue weighted by atomic mass is 10.0. The minimum atomic E-state index is -3.82. The molecular weight excluding hydrogens is 398 g/mol. The first-order valence-electron chi connectivity index (χ1n) is 8.71. The third kappa shape index (κ3) is 3.29. The highest BCUT2D eigenvalue weighted by atomic mass is 35.5. The van der Waals surface area contributed by atoms with Crippen LogP contribution in [0.25, 0.3) is 0 Å². The van der Waals surface area contributed by atoms with Crippen LogP contribution in [-0.2, 0) is 20.0 Å². The van der Waals surface area contributed by atoms with Gasteiger partial charge in [0, 0.05) is 26.2 Å². The second kappa shape index (κ2) is 7.37. The molecular formula is C16H24ClN3O4S2. The van der Waals surface area contributed by atoms with Crippen LogP contribution >= 0.6 is 12.4 Å². The fourth-order valence-corrected chi connectivity index (χ4v) is 7.94. The first-order valence-corrected chi connectivity index (χ1v) is 11.6. The second-order valence-electron chi connectivity index (χ2n) is 7.06. The van der Waals surface area contributed by atoms with E-state index in [0.717, 1.165) is 25.9 Å². The third-order valence-corrected chi connectivity index (χ3v) is 9.48. The smallest absolute Gasteiger partial charge is 0.244 e.